The summed E-state index contributed by atoms with van der Waals surface area (Å²) < 4.78 is 38.3. The molecule has 1 N–H and O–H groups in total. The summed E-state index contributed by atoms with van der Waals surface area (Å²) in [4.78, 5) is 29.3. The molecule has 0 fully saturated rings. The highest BCUT2D eigenvalue weighted by Crippen LogP contribution is 2.35. The van der Waals surface area contributed by atoms with Gasteiger partial charge in [0.15, 0.2) is 11.5 Å². The van der Waals surface area contributed by atoms with Gasteiger partial charge in [-0.25, -0.2) is 8.42 Å². The number of carbonyl (C=O) groups excluding carboxylic acids is 2. The molecule has 0 aromatic heterocycles. The maximum absolute atomic E-state index is 14.2. The van der Waals surface area contributed by atoms with E-state index in [2.05, 4.69) is 5.32 Å². The first-order valence-corrected chi connectivity index (χ1v) is 16.6. The van der Waals surface area contributed by atoms with E-state index in [1.807, 2.05) is 37.3 Å². The van der Waals surface area contributed by atoms with E-state index in [4.69, 9.17) is 32.7 Å². The lowest BCUT2D eigenvalue weighted by atomic mass is 10.0. The Bertz CT molecular complexity index is 1540. The van der Waals surface area contributed by atoms with Gasteiger partial charge in [-0.3, -0.25) is 13.9 Å². The molecule has 3 aromatic carbocycles. The van der Waals surface area contributed by atoms with Gasteiger partial charge in [-0.15, -0.1) is 0 Å². The van der Waals surface area contributed by atoms with Crippen molar-refractivity contribution in [3.63, 3.8) is 0 Å². The van der Waals surface area contributed by atoms with Gasteiger partial charge >= 0.3 is 0 Å². The number of hydrogen-bond donors (Lipinski definition) is 1. The molecule has 12 heteroatoms. The normalized spacial score (nSPS) is 13.2. The Labute approximate surface area is 262 Å². The fraction of sp³-hybridized carbons (Fsp3) is 0.355. The van der Waals surface area contributed by atoms with Gasteiger partial charge in [-0.2, -0.15) is 0 Å². The highest BCUT2D eigenvalue weighted by Gasteiger charge is 2.33. The fourth-order valence-corrected chi connectivity index (χ4v) is 6.00. The van der Waals surface area contributed by atoms with Crippen molar-refractivity contribution in [1.29, 1.82) is 0 Å². The van der Waals surface area contributed by atoms with Gasteiger partial charge in [-0.05, 0) is 41.8 Å². The Balaban J connectivity index is 1.73. The van der Waals surface area contributed by atoms with E-state index in [9.17, 15) is 18.0 Å². The number of benzene rings is 3. The number of rotatable bonds is 13. The van der Waals surface area contributed by atoms with Crippen LogP contribution in [0.5, 0.6) is 11.5 Å². The van der Waals surface area contributed by atoms with Gasteiger partial charge in [0.25, 0.3) is 0 Å². The molecule has 1 aliphatic heterocycles. The van der Waals surface area contributed by atoms with Crippen molar-refractivity contribution < 1.29 is 27.5 Å². The van der Waals surface area contributed by atoms with Gasteiger partial charge in [0, 0.05) is 35.6 Å². The first kappa shape index (κ1) is 32.4. The minimum absolute atomic E-state index is 0.0493. The minimum atomic E-state index is -3.94. The van der Waals surface area contributed by atoms with Crippen LogP contribution in [-0.2, 0) is 32.6 Å². The standard InChI is InChI=1S/C31H35Cl2N3O6S/c1-3-4-14-34-31(38)27(17-22-8-6-5-7-9-22)35(20-23-10-11-24(32)18-26(23)33)30(37)21-36(43(2,39)40)25-12-13-28-29(19-25)42-16-15-41-28/h5-13,18-19,27H,3-4,14-17,20-21H2,1-2H3,(H,34,38). The van der Waals surface area contributed by atoms with Crippen molar-refractivity contribution in [2.45, 2.75) is 38.8 Å². The molecule has 1 heterocycles. The smallest absolute Gasteiger partial charge is 0.244 e. The highest BCUT2D eigenvalue weighted by atomic mass is 35.5. The Morgan fingerprint density at radius 3 is 2.37 bits per heavy atom. The van der Waals surface area contributed by atoms with Crippen LogP contribution in [0.3, 0.4) is 0 Å². The lowest BCUT2D eigenvalue weighted by molar-refractivity contribution is -0.140. The largest absolute Gasteiger partial charge is 0.486 e. The van der Waals surface area contributed by atoms with Gasteiger partial charge < -0.3 is 19.7 Å². The van der Waals surface area contributed by atoms with Crippen LogP contribution in [0.15, 0.2) is 66.7 Å². The lowest BCUT2D eigenvalue weighted by Gasteiger charge is -2.34. The number of sulfonamides is 1. The minimum Gasteiger partial charge on any atom is -0.486 e. The zero-order chi connectivity index (χ0) is 31.0. The maximum atomic E-state index is 14.2. The number of unbranched alkanes of at least 4 members (excludes halogenated alkanes) is 1. The molecule has 4 rings (SSSR count). The number of nitrogens with zero attached hydrogens (tertiary/aromatic N) is 2. The molecule has 2 amide bonds. The van der Waals surface area contributed by atoms with Crippen LogP contribution >= 0.6 is 23.2 Å². The zero-order valence-corrected chi connectivity index (χ0v) is 26.4. The summed E-state index contributed by atoms with van der Waals surface area (Å²) in [6.07, 6.45) is 2.88. The number of halogens is 2. The molecule has 1 aliphatic rings. The predicted octanol–water partition coefficient (Wildman–Crippen LogP) is 5.09. The molecular formula is C31H35Cl2N3O6S. The number of amides is 2. The van der Waals surface area contributed by atoms with Gasteiger partial charge in [0.2, 0.25) is 21.8 Å². The summed E-state index contributed by atoms with van der Waals surface area (Å²) in [5, 5.41) is 3.69. The molecule has 9 nitrogen and oxygen atoms in total. The SMILES string of the molecule is CCCCNC(=O)C(Cc1ccccc1)N(Cc1ccc(Cl)cc1Cl)C(=O)CN(c1ccc2c(c1)OCCO2)S(C)(=O)=O. The van der Waals surface area contributed by atoms with E-state index in [-0.39, 0.29) is 24.6 Å². The second kappa shape index (κ2) is 14.8. The Morgan fingerprint density at radius 1 is 0.977 bits per heavy atom. The van der Waals surface area contributed by atoms with Crippen molar-refractivity contribution >= 4 is 50.7 Å². The molecule has 0 aliphatic carbocycles. The van der Waals surface area contributed by atoms with Crippen molar-refractivity contribution in [1.82, 2.24) is 10.2 Å². The Morgan fingerprint density at radius 2 is 1.70 bits per heavy atom. The van der Waals surface area contributed by atoms with E-state index in [0.29, 0.717) is 46.9 Å². The number of anilines is 1. The predicted molar refractivity (Wildman–Crippen MR) is 168 cm³/mol. The molecule has 0 radical (unpaired) electrons. The Kier molecular flexibility index (Phi) is 11.2. The van der Waals surface area contributed by atoms with E-state index in [1.165, 1.54) is 11.0 Å². The second-order valence-electron chi connectivity index (χ2n) is 10.2. The van der Waals surface area contributed by atoms with Crippen LogP contribution in [0.1, 0.15) is 30.9 Å². The first-order valence-electron chi connectivity index (χ1n) is 14.0. The molecular weight excluding hydrogens is 613 g/mol. The summed E-state index contributed by atoms with van der Waals surface area (Å²) in [6, 6.07) is 18.0. The number of nitrogens with one attached hydrogen (secondary N) is 1. The summed E-state index contributed by atoms with van der Waals surface area (Å²) in [5.41, 5.74) is 1.63. The second-order valence-corrected chi connectivity index (χ2v) is 13.0. The maximum Gasteiger partial charge on any atom is 0.244 e. The molecule has 0 bridgehead atoms. The molecule has 3 aromatic rings. The topological polar surface area (TPSA) is 105 Å². The summed E-state index contributed by atoms with van der Waals surface area (Å²) in [7, 11) is -3.94. The molecule has 0 saturated carbocycles. The third kappa shape index (κ3) is 8.78. The fourth-order valence-electron chi connectivity index (χ4n) is 4.69. The molecule has 230 valence electrons. The molecule has 0 spiro atoms. The van der Waals surface area contributed by atoms with Crippen molar-refractivity contribution in [3.05, 3.63) is 87.9 Å². The molecule has 1 atom stereocenters. The summed E-state index contributed by atoms with van der Waals surface area (Å²) in [6.45, 7) is 2.55. The van der Waals surface area contributed by atoms with Crippen molar-refractivity contribution in [2.75, 3.05) is 36.9 Å². The van der Waals surface area contributed by atoms with Gasteiger partial charge in [0.1, 0.15) is 25.8 Å². The van der Waals surface area contributed by atoms with Crippen molar-refractivity contribution in [3.8, 4) is 11.5 Å². The van der Waals surface area contributed by atoms with E-state index in [1.54, 1.807) is 30.3 Å². The monoisotopic (exact) mass is 647 g/mol. The average Bonchev–Trinajstić information content (AvgIpc) is 2.98. The quantitative estimate of drug-likeness (QED) is 0.259. The molecule has 0 saturated heterocycles. The first-order chi connectivity index (χ1) is 20.6. The summed E-state index contributed by atoms with van der Waals surface area (Å²) >= 11 is 12.6. The van der Waals surface area contributed by atoms with E-state index in [0.717, 1.165) is 29.0 Å². The van der Waals surface area contributed by atoms with E-state index >= 15 is 0 Å². The number of carbonyl (C=O) groups is 2. The number of hydrogen-bond acceptors (Lipinski definition) is 6. The van der Waals surface area contributed by atoms with Crippen LogP contribution in [0.4, 0.5) is 5.69 Å². The Hall–Kier alpha value is -3.47. The number of fused-ring (bicyclic) bond motifs is 1. The van der Waals surface area contributed by atoms with E-state index < -0.39 is 28.5 Å². The lowest BCUT2D eigenvalue weighted by Crippen LogP contribution is -2.53. The van der Waals surface area contributed by atoms with Crippen LogP contribution in [0.2, 0.25) is 10.0 Å². The zero-order valence-electron chi connectivity index (χ0n) is 24.1. The van der Waals surface area contributed by atoms with Crippen LogP contribution in [0.25, 0.3) is 0 Å². The number of ether oxygens (including phenoxy) is 2. The average molecular weight is 649 g/mol. The van der Waals surface area contributed by atoms with Crippen LogP contribution in [0, 0.1) is 0 Å². The van der Waals surface area contributed by atoms with Crippen molar-refractivity contribution in [2.24, 2.45) is 0 Å². The molecule has 43 heavy (non-hydrogen) atoms. The highest BCUT2D eigenvalue weighted by molar-refractivity contribution is 7.92. The van der Waals surface area contributed by atoms with Gasteiger partial charge in [-0.1, -0.05) is 72.9 Å². The van der Waals surface area contributed by atoms with Crippen LogP contribution in [-0.4, -0.2) is 63.7 Å². The summed E-state index contributed by atoms with van der Waals surface area (Å²) in [5.74, 6) is -0.0637. The van der Waals surface area contributed by atoms with Gasteiger partial charge in [0.05, 0.1) is 11.9 Å². The van der Waals surface area contributed by atoms with Crippen LogP contribution < -0.4 is 19.1 Å². The third-order valence-electron chi connectivity index (χ3n) is 6.95. The molecule has 1 unspecified atom stereocenters. The third-order valence-corrected chi connectivity index (χ3v) is 8.68.